The van der Waals surface area contributed by atoms with Crippen molar-refractivity contribution in [3.05, 3.63) is 52.8 Å². The first kappa shape index (κ1) is 12.0. The molecule has 0 saturated heterocycles. The average Bonchev–Trinajstić information content (AvgIpc) is 2.39. The van der Waals surface area contributed by atoms with Gasteiger partial charge < -0.3 is 5.32 Å². The second kappa shape index (κ2) is 5.25. The van der Waals surface area contributed by atoms with Crippen LogP contribution in [-0.4, -0.2) is 16.1 Å². The number of nitrogens with zero attached hydrogens (tertiary/aromatic N) is 3. The summed E-state index contributed by atoms with van der Waals surface area (Å²) in [5, 5.41) is 18.8. The lowest BCUT2D eigenvalue weighted by Crippen LogP contribution is -2.14. The Bertz CT molecular complexity index is 619. The summed E-state index contributed by atoms with van der Waals surface area (Å²) in [5.74, 6) is -0.408. The van der Waals surface area contributed by atoms with Gasteiger partial charge in [-0.15, -0.1) is 10.2 Å². The zero-order chi connectivity index (χ0) is 13.0. The molecule has 0 bridgehead atoms. The van der Waals surface area contributed by atoms with E-state index in [0.717, 1.165) is 0 Å². The monoisotopic (exact) mass is 258 g/mol. The lowest BCUT2D eigenvalue weighted by Gasteiger charge is -2.04. The number of hydrogen-bond donors (Lipinski definition) is 1. The van der Waals surface area contributed by atoms with Crippen LogP contribution in [0.25, 0.3) is 0 Å². The molecule has 0 unspecified atom stereocenters. The first-order valence-electron chi connectivity index (χ1n) is 5.00. The number of amides is 1. The zero-order valence-electron chi connectivity index (χ0n) is 9.09. The molecule has 0 aliphatic rings. The van der Waals surface area contributed by atoms with Crippen molar-refractivity contribution in [1.29, 1.82) is 5.26 Å². The van der Waals surface area contributed by atoms with Crippen LogP contribution < -0.4 is 5.32 Å². The van der Waals surface area contributed by atoms with E-state index in [0.29, 0.717) is 11.3 Å². The summed E-state index contributed by atoms with van der Waals surface area (Å²) in [7, 11) is 0. The second-order valence-corrected chi connectivity index (χ2v) is 3.78. The summed E-state index contributed by atoms with van der Waals surface area (Å²) >= 11 is 5.57. The molecule has 0 aliphatic heterocycles. The molecule has 2 rings (SSSR count). The average molecular weight is 259 g/mol. The summed E-state index contributed by atoms with van der Waals surface area (Å²) in [5.41, 5.74) is 1.15. The van der Waals surface area contributed by atoms with Crippen LogP contribution in [0.3, 0.4) is 0 Å². The number of aromatic nitrogens is 2. The molecule has 0 aliphatic carbocycles. The van der Waals surface area contributed by atoms with Gasteiger partial charge in [-0.2, -0.15) is 5.26 Å². The number of benzene rings is 1. The molecule has 0 spiro atoms. The van der Waals surface area contributed by atoms with Gasteiger partial charge in [0.15, 0.2) is 10.8 Å². The van der Waals surface area contributed by atoms with E-state index in [1.807, 2.05) is 6.07 Å². The molecule has 1 aromatic heterocycles. The fourth-order valence-electron chi connectivity index (χ4n) is 1.30. The van der Waals surface area contributed by atoms with E-state index in [9.17, 15) is 4.79 Å². The summed E-state index contributed by atoms with van der Waals surface area (Å²) in [6, 6.07) is 11.5. The van der Waals surface area contributed by atoms with Crippen molar-refractivity contribution >= 4 is 23.2 Å². The highest BCUT2D eigenvalue weighted by Gasteiger charge is 2.08. The van der Waals surface area contributed by atoms with Crippen LogP contribution in [0.2, 0.25) is 5.15 Å². The number of anilines is 1. The first-order valence-corrected chi connectivity index (χ1v) is 5.37. The molecule has 6 heteroatoms. The molecular formula is C12H7ClN4O. The highest BCUT2D eigenvalue weighted by atomic mass is 35.5. The minimum absolute atomic E-state index is 0.154. The molecule has 5 nitrogen and oxygen atoms in total. The van der Waals surface area contributed by atoms with Crippen molar-refractivity contribution in [3.8, 4) is 6.07 Å². The number of nitriles is 1. The van der Waals surface area contributed by atoms with Crippen molar-refractivity contribution in [1.82, 2.24) is 10.2 Å². The van der Waals surface area contributed by atoms with E-state index in [1.165, 1.54) is 12.1 Å². The van der Waals surface area contributed by atoms with E-state index in [2.05, 4.69) is 15.5 Å². The number of hydrogen-bond acceptors (Lipinski definition) is 4. The van der Waals surface area contributed by atoms with Crippen molar-refractivity contribution in [2.75, 3.05) is 5.32 Å². The fraction of sp³-hybridized carbons (Fsp3) is 0. The standard InChI is InChI=1S/C12H7ClN4O/c13-11-5-4-10(16-17-11)12(18)15-9-3-1-2-8(6-9)7-14/h1-6H,(H,15,18). The Morgan fingerprint density at radius 1 is 1.28 bits per heavy atom. The van der Waals surface area contributed by atoms with Crippen LogP contribution in [0.4, 0.5) is 5.69 Å². The van der Waals surface area contributed by atoms with Crippen LogP contribution in [-0.2, 0) is 0 Å². The van der Waals surface area contributed by atoms with Crippen molar-refractivity contribution in [2.45, 2.75) is 0 Å². The predicted molar refractivity (Wildman–Crippen MR) is 66.2 cm³/mol. The molecule has 0 fully saturated rings. The number of halogens is 1. The summed E-state index contributed by atoms with van der Waals surface area (Å²) in [6.07, 6.45) is 0. The molecule has 2 aromatic rings. The number of carbonyl (C=O) groups excluding carboxylic acids is 1. The van der Waals surface area contributed by atoms with E-state index in [1.54, 1.807) is 24.3 Å². The maximum absolute atomic E-state index is 11.8. The molecule has 1 heterocycles. The number of carbonyl (C=O) groups is 1. The van der Waals surface area contributed by atoms with E-state index >= 15 is 0 Å². The number of rotatable bonds is 2. The van der Waals surface area contributed by atoms with Crippen molar-refractivity contribution in [3.63, 3.8) is 0 Å². The number of nitrogens with one attached hydrogen (secondary N) is 1. The van der Waals surface area contributed by atoms with Gasteiger partial charge in [-0.25, -0.2) is 0 Å². The third kappa shape index (κ3) is 2.81. The molecule has 0 saturated carbocycles. The van der Waals surface area contributed by atoms with Gasteiger partial charge in [0.25, 0.3) is 5.91 Å². The van der Waals surface area contributed by atoms with Crippen LogP contribution in [0, 0.1) is 11.3 Å². The Kier molecular flexibility index (Phi) is 3.51. The molecule has 1 amide bonds. The Balaban J connectivity index is 2.16. The van der Waals surface area contributed by atoms with Gasteiger partial charge in [0, 0.05) is 5.69 Å². The quantitative estimate of drug-likeness (QED) is 0.896. The highest BCUT2D eigenvalue weighted by molar-refractivity contribution is 6.29. The summed E-state index contributed by atoms with van der Waals surface area (Å²) in [6.45, 7) is 0. The first-order chi connectivity index (χ1) is 8.69. The minimum atomic E-state index is -0.408. The molecule has 0 radical (unpaired) electrons. The third-order valence-electron chi connectivity index (χ3n) is 2.11. The predicted octanol–water partition coefficient (Wildman–Crippen LogP) is 2.25. The molecule has 0 atom stereocenters. The van der Waals surface area contributed by atoms with Gasteiger partial charge in [0.1, 0.15) is 0 Å². The Hall–Kier alpha value is -2.45. The second-order valence-electron chi connectivity index (χ2n) is 3.39. The fourth-order valence-corrected chi connectivity index (χ4v) is 1.40. The molecule has 88 valence electrons. The highest BCUT2D eigenvalue weighted by Crippen LogP contribution is 2.11. The minimum Gasteiger partial charge on any atom is -0.321 e. The van der Waals surface area contributed by atoms with Gasteiger partial charge in [0.05, 0.1) is 11.6 Å². The summed E-state index contributed by atoms with van der Waals surface area (Å²) in [4.78, 5) is 11.8. The zero-order valence-corrected chi connectivity index (χ0v) is 9.85. The Morgan fingerprint density at radius 2 is 2.11 bits per heavy atom. The van der Waals surface area contributed by atoms with E-state index < -0.39 is 5.91 Å². The third-order valence-corrected chi connectivity index (χ3v) is 2.32. The molecule has 1 aromatic carbocycles. The normalized spacial score (nSPS) is 9.56. The molecular weight excluding hydrogens is 252 g/mol. The van der Waals surface area contributed by atoms with Crippen LogP contribution in [0.1, 0.15) is 16.1 Å². The van der Waals surface area contributed by atoms with Crippen molar-refractivity contribution in [2.24, 2.45) is 0 Å². The maximum atomic E-state index is 11.8. The van der Waals surface area contributed by atoms with Crippen LogP contribution >= 0.6 is 11.6 Å². The van der Waals surface area contributed by atoms with Crippen LogP contribution in [0.15, 0.2) is 36.4 Å². The molecule has 1 N–H and O–H groups in total. The van der Waals surface area contributed by atoms with Crippen LogP contribution in [0.5, 0.6) is 0 Å². The Labute approximate surface area is 108 Å². The van der Waals surface area contributed by atoms with Gasteiger partial charge in [-0.05, 0) is 30.3 Å². The SMILES string of the molecule is N#Cc1cccc(NC(=O)c2ccc(Cl)nn2)c1. The van der Waals surface area contributed by atoms with Gasteiger partial charge in [0.2, 0.25) is 0 Å². The van der Waals surface area contributed by atoms with Gasteiger partial charge >= 0.3 is 0 Å². The summed E-state index contributed by atoms with van der Waals surface area (Å²) < 4.78 is 0. The van der Waals surface area contributed by atoms with Gasteiger partial charge in [-0.3, -0.25) is 4.79 Å². The smallest absolute Gasteiger partial charge is 0.276 e. The Morgan fingerprint density at radius 3 is 2.78 bits per heavy atom. The lowest BCUT2D eigenvalue weighted by molar-refractivity contribution is 0.102. The van der Waals surface area contributed by atoms with E-state index in [4.69, 9.17) is 16.9 Å². The topological polar surface area (TPSA) is 78.7 Å². The maximum Gasteiger partial charge on any atom is 0.276 e. The molecule has 18 heavy (non-hydrogen) atoms. The lowest BCUT2D eigenvalue weighted by atomic mass is 10.2. The van der Waals surface area contributed by atoms with E-state index in [-0.39, 0.29) is 10.8 Å². The largest absolute Gasteiger partial charge is 0.321 e. The van der Waals surface area contributed by atoms with Gasteiger partial charge in [-0.1, -0.05) is 17.7 Å². The van der Waals surface area contributed by atoms with Crippen molar-refractivity contribution < 1.29 is 4.79 Å².